The number of piperazine rings is 1. The lowest BCUT2D eigenvalue weighted by molar-refractivity contribution is -0.120. The van der Waals surface area contributed by atoms with E-state index in [0.29, 0.717) is 30.3 Å². The van der Waals surface area contributed by atoms with Crippen molar-refractivity contribution in [2.45, 2.75) is 25.8 Å². The van der Waals surface area contributed by atoms with Crippen LogP contribution in [0.3, 0.4) is 0 Å². The van der Waals surface area contributed by atoms with E-state index in [1.165, 1.54) is 19.3 Å². The summed E-state index contributed by atoms with van der Waals surface area (Å²) in [5.41, 5.74) is 3.69. The van der Waals surface area contributed by atoms with E-state index in [0.717, 1.165) is 36.6 Å². The largest absolute Gasteiger partial charge is 0.370 e. The highest BCUT2D eigenvalue weighted by Crippen LogP contribution is 2.30. The molecule has 164 valence electrons. The molecule has 0 saturated carbocycles. The van der Waals surface area contributed by atoms with Gasteiger partial charge in [0.25, 0.3) is 0 Å². The quantitative estimate of drug-likeness (QED) is 0.662. The number of benzene rings is 2. The minimum Gasteiger partial charge on any atom is -0.370 e. The Bertz CT molecular complexity index is 928. The first kappa shape index (κ1) is 21.3. The predicted octanol–water partition coefficient (Wildman–Crippen LogP) is 3.59. The molecule has 2 aliphatic heterocycles. The van der Waals surface area contributed by atoms with Crippen molar-refractivity contribution in [1.82, 2.24) is 10.6 Å². The number of nitrogens with zero attached hydrogens (tertiary/aromatic N) is 2. The van der Waals surface area contributed by atoms with Crippen molar-refractivity contribution < 1.29 is 9.59 Å². The minimum atomic E-state index is -0.279. The zero-order chi connectivity index (χ0) is 21.6. The number of anilines is 3. The Labute approximate surface area is 187 Å². The molecule has 2 fully saturated rings. The van der Waals surface area contributed by atoms with Crippen LogP contribution in [0.4, 0.5) is 21.9 Å². The molecule has 0 bridgehead atoms. The third-order valence-electron chi connectivity index (χ3n) is 5.70. The van der Waals surface area contributed by atoms with E-state index < -0.39 is 0 Å². The minimum absolute atomic E-state index is 0.0396. The summed E-state index contributed by atoms with van der Waals surface area (Å²) >= 11 is 6.46. The van der Waals surface area contributed by atoms with Crippen LogP contribution in [0.2, 0.25) is 5.02 Å². The summed E-state index contributed by atoms with van der Waals surface area (Å²) in [5, 5.41) is 9.19. The molecule has 8 heteroatoms. The summed E-state index contributed by atoms with van der Waals surface area (Å²) in [6.45, 7) is 4.29. The monoisotopic (exact) mass is 441 g/mol. The van der Waals surface area contributed by atoms with Gasteiger partial charge in [0, 0.05) is 44.1 Å². The fourth-order valence-electron chi connectivity index (χ4n) is 4.02. The number of carbonyl (C=O) groups excluding carboxylic acids is 2. The molecule has 2 aromatic carbocycles. The number of hydrogen-bond acceptors (Lipinski definition) is 4. The molecule has 4 rings (SSSR count). The van der Waals surface area contributed by atoms with Gasteiger partial charge in [0.1, 0.15) is 0 Å². The average molecular weight is 442 g/mol. The van der Waals surface area contributed by atoms with E-state index in [2.05, 4.69) is 20.9 Å². The fourth-order valence-corrected chi connectivity index (χ4v) is 4.32. The Kier molecular flexibility index (Phi) is 6.82. The molecule has 2 saturated heterocycles. The molecule has 31 heavy (non-hydrogen) atoms. The summed E-state index contributed by atoms with van der Waals surface area (Å²) in [7, 11) is 0. The number of halogens is 1. The Morgan fingerprint density at radius 2 is 1.77 bits per heavy atom. The van der Waals surface area contributed by atoms with Crippen molar-refractivity contribution in [2.24, 2.45) is 0 Å². The molecule has 2 aliphatic rings. The fraction of sp³-hybridized carbons (Fsp3) is 0.391. The maximum Gasteiger partial charge on any atom is 0.319 e. The molecule has 0 aromatic heterocycles. The van der Waals surface area contributed by atoms with E-state index in [4.69, 9.17) is 11.6 Å². The second kappa shape index (κ2) is 9.92. The molecule has 0 radical (unpaired) electrons. The lowest BCUT2D eigenvalue weighted by Gasteiger charge is -2.29. The number of urea groups is 1. The zero-order valence-corrected chi connectivity index (χ0v) is 18.3. The smallest absolute Gasteiger partial charge is 0.319 e. The van der Waals surface area contributed by atoms with Crippen molar-refractivity contribution in [1.29, 1.82) is 0 Å². The standard InChI is InChI=1S/C23H28ClN5O2/c24-20-14-18(6-9-21(20)28-11-2-1-3-12-28)27-23(31)26-15-17-4-7-19(8-5-17)29-13-10-25-22(30)16-29/h4-9,14H,1-3,10-13,15-16H2,(H,25,30)(H2,26,27,31). The van der Waals surface area contributed by atoms with Crippen LogP contribution in [0.5, 0.6) is 0 Å². The molecular formula is C23H28ClN5O2. The first-order valence-electron chi connectivity index (χ1n) is 10.8. The predicted molar refractivity (Wildman–Crippen MR) is 125 cm³/mol. The summed E-state index contributed by atoms with van der Waals surface area (Å²) in [5.74, 6) is 0.0396. The molecule has 3 amide bonds. The summed E-state index contributed by atoms with van der Waals surface area (Å²) in [6.07, 6.45) is 3.65. The van der Waals surface area contributed by atoms with Crippen molar-refractivity contribution in [3.8, 4) is 0 Å². The van der Waals surface area contributed by atoms with Crippen molar-refractivity contribution in [3.05, 3.63) is 53.1 Å². The van der Waals surface area contributed by atoms with Gasteiger partial charge in [-0.15, -0.1) is 0 Å². The van der Waals surface area contributed by atoms with E-state index in [1.54, 1.807) is 6.07 Å². The topological polar surface area (TPSA) is 76.7 Å². The second-order valence-corrected chi connectivity index (χ2v) is 8.37. The Hall–Kier alpha value is -2.93. The normalized spacial score (nSPS) is 16.6. The van der Waals surface area contributed by atoms with Crippen LogP contribution in [0.1, 0.15) is 24.8 Å². The van der Waals surface area contributed by atoms with E-state index in [-0.39, 0.29) is 11.9 Å². The first-order valence-corrected chi connectivity index (χ1v) is 11.2. The summed E-state index contributed by atoms with van der Waals surface area (Å²) < 4.78 is 0. The maximum atomic E-state index is 12.3. The van der Waals surface area contributed by atoms with Crippen LogP contribution in [0.25, 0.3) is 0 Å². The van der Waals surface area contributed by atoms with Gasteiger partial charge in [-0.1, -0.05) is 23.7 Å². The van der Waals surface area contributed by atoms with Crippen molar-refractivity contribution in [2.75, 3.05) is 47.8 Å². The van der Waals surface area contributed by atoms with Gasteiger partial charge >= 0.3 is 6.03 Å². The molecule has 0 unspecified atom stereocenters. The lowest BCUT2D eigenvalue weighted by Crippen LogP contribution is -2.47. The number of amides is 3. The Morgan fingerprint density at radius 3 is 2.48 bits per heavy atom. The van der Waals surface area contributed by atoms with Crippen LogP contribution >= 0.6 is 11.6 Å². The molecule has 0 aliphatic carbocycles. The first-order chi connectivity index (χ1) is 15.1. The molecule has 0 atom stereocenters. The van der Waals surface area contributed by atoms with Gasteiger partial charge in [-0.05, 0) is 55.2 Å². The van der Waals surface area contributed by atoms with E-state index >= 15 is 0 Å². The molecule has 2 heterocycles. The number of rotatable bonds is 5. The number of piperidine rings is 1. The van der Waals surface area contributed by atoms with Crippen LogP contribution < -0.4 is 25.8 Å². The van der Waals surface area contributed by atoms with Gasteiger partial charge in [-0.3, -0.25) is 4.79 Å². The van der Waals surface area contributed by atoms with Crippen LogP contribution in [-0.2, 0) is 11.3 Å². The highest BCUT2D eigenvalue weighted by molar-refractivity contribution is 6.33. The van der Waals surface area contributed by atoms with Gasteiger partial charge in [0.2, 0.25) is 5.91 Å². The second-order valence-electron chi connectivity index (χ2n) is 7.96. The van der Waals surface area contributed by atoms with E-state index in [9.17, 15) is 9.59 Å². The van der Waals surface area contributed by atoms with Crippen LogP contribution in [0.15, 0.2) is 42.5 Å². The van der Waals surface area contributed by atoms with Gasteiger partial charge in [-0.2, -0.15) is 0 Å². The van der Waals surface area contributed by atoms with Gasteiger partial charge in [0.15, 0.2) is 0 Å². The molecule has 7 nitrogen and oxygen atoms in total. The van der Waals surface area contributed by atoms with E-state index in [1.807, 2.05) is 41.3 Å². The lowest BCUT2D eigenvalue weighted by atomic mass is 10.1. The molecule has 0 spiro atoms. The Morgan fingerprint density at radius 1 is 1.00 bits per heavy atom. The van der Waals surface area contributed by atoms with Gasteiger partial charge in [0.05, 0.1) is 17.3 Å². The number of nitrogens with one attached hydrogen (secondary N) is 3. The van der Waals surface area contributed by atoms with Crippen LogP contribution in [-0.4, -0.2) is 44.7 Å². The van der Waals surface area contributed by atoms with Gasteiger partial charge < -0.3 is 25.8 Å². The highest BCUT2D eigenvalue weighted by atomic mass is 35.5. The SMILES string of the molecule is O=C1CN(c2ccc(CNC(=O)Nc3ccc(N4CCCCC4)c(Cl)c3)cc2)CCN1. The molecular weight excluding hydrogens is 414 g/mol. The average Bonchev–Trinajstić information content (AvgIpc) is 2.79. The zero-order valence-electron chi connectivity index (χ0n) is 17.5. The summed E-state index contributed by atoms with van der Waals surface area (Å²) in [4.78, 5) is 28.2. The number of hydrogen-bond donors (Lipinski definition) is 3. The van der Waals surface area contributed by atoms with Crippen molar-refractivity contribution in [3.63, 3.8) is 0 Å². The Balaban J connectivity index is 1.28. The van der Waals surface area contributed by atoms with Crippen LogP contribution in [0, 0.1) is 0 Å². The molecule has 2 aromatic rings. The molecule has 3 N–H and O–H groups in total. The van der Waals surface area contributed by atoms with Crippen molar-refractivity contribution >= 4 is 40.6 Å². The highest BCUT2D eigenvalue weighted by Gasteiger charge is 2.16. The maximum absolute atomic E-state index is 12.3. The van der Waals surface area contributed by atoms with Gasteiger partial charge in [-0.25, -0.2) is 4.79 Å². The number of carbonyl (C=O) groups is 2. The third kappa shape index (κ3) is 5.61. The summed E-state index contributed by atoms with van der Waals surface area (Å²) in [6, 6.07) is 13.3. The third-order valence-corrected chi connectivity index (χ3v) is 6.00.